The largest absolute Gasteiger partial charge is 0.367 e. The Bertz CT molecular complexity index is 482. The first-order valence-electron chi connectivity index (χ1n) is 5.95. The van der Waals surface area contributed by atoms with E-state index in [0.717, 1.165) is 29.9 Å². The number of nitrogens with one attached hydrogen (secondary N) is 2. The van der Waals surface area contributed by atoms with Gasteiger partial charge in [-0.05, 0) is 12.1 Å². The highest BCUT2D eigenvalue weighted by atomic mass is 15.0. The van der Waals surface area contributed by atoms with Gasteiger partial charge in [0.05, 0.1) is 17.2 Å². The Morgan fingerprint density at radius 2 is 1.88 bits per heavy atom. The SMILES string of the molecule is CC(C)NCCNc1cnc2ccccc2n1. The van der Waals surface area contributed by atoms with Crippen LogP contribution in [0.3, 0.4) is 0 Å². The molecule has 0 saturated heterocycles. The molecule has 90 valence electrons. The van der Waals surface area contributed by atoms with Gasteiger partial charge in [0.2, 0.25) is 0 Å². The quantitative estimate of drug-likeness (QED) is 0.772. The van der Waals surface area contributed by atoms with Crippen LogP contribution in [0.5, 0.6) is 0 Å². The molecule has 0 amide bonds. The predicted molar refractivity (Wildman–Crippen MR) is 71.2 cm³/mol. The summed E-state index contributed by atoms with van der Waals surface area (Å²) in [5, 5.41) is 6.60. The number of benzene rings is 1. The minimum absolute atomic E-state index is 0.513. The molecule has 0 fully saturated rings. The van der Waals surface area contributed by atoms with Crippen LogP contribution in [0.15, 0.2) is 30.5 Å². The van der Waals surface area contributed by atoms with Crippen molar-refractivity contribution >= 4 is 16.9 Å². The average molecular weight is 230 g/mol. The Morgan fingerprint density at radius 3 is 2.65 bits per heavy atom. The molecule has 0 bridgehead atoms. The summed E-state index contributed by atoms with van der Waals surface area (Å²) in [4.78, 5) is 8.84. The molecule has 2 N–H and O–H groups in total. The maximum Gasteiger partial charge on any atom is 0.145 e. The fourth-order valence-corrected chi connectivity index (χ4v) is 1.59. The molecule has 4 nitrogen and oxygen atoms in total. The molecule has 0 unspecified atom stereocenters. The van der Waals surface area contributed by atoms with E-state index in [1.54, 1.807) is 6.20 Å². The molecule has 1 heterocycles. The van der Waals surface area contributed by atoms with E-state index < -0.39 is 0 Å². The highest BCUT2D eigenvalue weighted by Gasteiger charge is 1.98. The van der Waals surface area contributed by atoms with Gasteiger partial charge in [-0.15, -0.1) is 0 Å². The van der Waals surface area contributed by atoms with Crippen molar-refractivity contribution in [2.24, 2.45) is 0 Å². The maximum absolute atomic E-state index is 4.49. The molecule has 0 radical (unpaired) electrons. The van der Waals surface area contributed by atoms with Crippen molar-refractivity contribution in [3.63, 3.8) is 0 Å². The number of hydrogen-bond donors (Lipinski definition) is 2. The van der Waals surface area contributed by atoms with Crippen LogP contribution in [0.25, 0.3) is 11.0 Å². The zero-order chi connectivity index (χ0) is 12.1. The number of anilines is 1. The van der Waals surface area contributed by atoms with E-state index in [9.17, 15) is 0 Å². The number of nitrogens with zero attached hydrogens (tertiary/aromatic N) is 2. The second-order valence-corrected chi connectivity index (χ2v) is 4.28. The third-order valence-corrected chi connectivity index (χ3v) is 2.43. The van der Waals surface area contributed by atoms with Crippen molar-refractivity contribution in [3.8, 4) is 0 Å². The molecular weight excluding hydrogens is 212 g/mol. The second-order valence-electron chi connectivity index (χ2n) is 4.28. The lowest BCUT2D eigenvalue weighted by molar-refractivity contribution is 0.602. The zero-order valence-electron chi connectivity index (χ0n) is 10.3. The normalized spacial score (nSPS) is 11.0. The van der Waals surface area contributed by atoms with Crippen molar-refractivity contribution in [1.29, 1.82) is 0 Å². The summed E-state index contributed by atoms with van der Waals surface area (Å²) in [6, 6.07) is 8.39. The fourth-order valence-electron chi connectivity index (χ4n) is 1.59. The van der Waals surface area contributed by atoms with Crippen LogP contribution in [0.2, 0.25) is 0 Å². The van der Waals surface area contributed by atoms with Gasteiger partial charge in [-0.25, -0.2) is 4.98 Å². The molecule has 1 aromatic heterocycles. The van der Waals surface area contributed by atoms with Gasteiger partial charge < -0.3 is 10.6 Å². The van der Waals surface area contributed by atoms with Crippen molar-refractivity contribution in [1.82, 2.24) is 15.3 Å². The van der Waals surface area contributed by atoms with Crippen LogP contribution in [0.4, 0.5) is 5.82 Å². The lowest BCUT2D eigenvalue weighted by atomic mass is 10.3. The first kappa shape index (κ1) is 11.8. The van der Waals surface area contributed by atoms with Crippen LogP contribution < -0.4 is 10.6 Å². The van der Waals surface area contributed by atoms with Gasteiger partial charge in [-0.1, -0.05) is 26.0 Å². The maximum atomic E-state index is 4.49. The molecule has 2 rings (SSSR count). The summed E-state index contributed by atoms with van der Waals surface area (Å²) in [5.74, 6) is 0.828. The van der Waals surface area contributed by atoms with Crippen LogP contribution in [-0.4, -0.2) is 29.1 Å². The monoisotopic (exact) mass is 230 g/mol. The molecule has 2 aromatic rings. The molecule has 4 heteroatoms. The Morgan fingerprint density at radius 1 is 1.12 bits per heavy atom. The third-order valence-electron chi connectivity index (χ3n) is 2.43. The van der Waals surface area contributed by atoms with E-state index in [1.807, 2.05) is 24.3 Å². The van der Waals surface area contributed by atoms with Gasteiger partial charge >= 0.3 is 0 Å². The average Bonchev–Trinajstić information content (AvgIpc) is 2.34. The highest BCUT2D eigenvalue weighted by Crippen LogP contribution is 2.10. The van der Waals surface area contributed by atoms with Crippen molar-refractivity contribution in [2.75, 3.05) is 18.4 Å². The Balaban J connectivity index is 1.95. The highest BCUT2D eigenvalue weighted by molar-refractivity contribution is 5.75. The number of rotatable bonds is 5. The molecule has 1 aromatic carbocycles. The zero-order valence-corrected chi connectivity index (χ0v) is 10.3. The lowest BCUT2D eigenvalue weighted by Crippen LogP contribution is -2.28. The van der Waals surface area contributed by atoms with Crippen LogP contribution >= 0.6 is 0 Å². The topological polar surface area (TPSA) is 49.8 Å². The summed E-state index contributed by atoms with van der Waals surface area (Å²) >= 11 is 0. The van der Waals surface area contributed by atoms with Crippen molar-refractivity contribution in [2.45, 2.75) is 19.9 Å². The number of hydrogen-bond acceptors (Lipinski definition) is 4. The van der Waals surface area contributed by atoms with Crippen LogP contribution in [0, 0.1) is 0 Å². The first-order chi connectivity index (χ1) is 8.25. The minimum Gasteiger partial charge on any atom is -0.367 e. The van der Waals surface area contributed by atoms with E-state index >= 15 is 0 Å². The van der Waals surface area contributed by atoms with Crippen molar-refractivity contribution in [3.05, 3.63) is 30.5 Å². The van der Waals surface area contributed by atoms with Crippen LogP contribution in [-0.2, 0) is 0 Å². The van der Waals surface area contributed by atoms with Gasteiger partial charge in [-0.3, -0.25) is 4.98 Å². The predicted octanol–water partition coefficient (Wildman–Crippen LogP) is 2.04. The van der Waals surface area contributed by atoms with Gasteiger partial charge in [-0.2, -0.15) is 0 Å². The molecule has 0 atom stereocenters. The van der Waals surface area contributed by atoms with E-state index in [1.165, 1.54) is 0 Å². The lowest BCUT2D eigenvalue weighted by Gasteiger charge is -2.09. The summed E-state index contributed by atoms with van der Waals surface area (Å²) in [5.41, 5.74) is 1.85. The number of aromatic nitrogens is 2. The smallest absolute Gasteiger partial charge is 0.145 e. The second kappa shape index (κ2) is 5.59. The standard InChI is InChI=1S/C13H18N4/c1-10(2)14-7-8-15-13-9-16-11-5-3-4-6-12(11)17-13/h3-6,9-10,14H,7-8H2,1-2H3,(H,15,17). The minimum atomic E-state index is 0.513. The van der Waals surface area contributed by atoms with Crippen LogP contribution in [0.1, 0.15) is 13.8 Å². The third kappa shape index (κ3) is 3.39. The molecular formula is C13H18N4. The van der Waals surface area contributed by atoms with E-state index in [0.29, 0.717) is 6.04 Å². The summed E-state index contributed by atoms with van der Waals surface area (Å²) in [6.45, 7) is 6.04. The number of fused-ring (bicyclic) bond motifs is 1. The summed E-state index contributed by atoms with van der Waals surface area (Å²) in [6.07, 6.45) is 1.78. The molecule has 0 spiro atoms. The van der Waals surface area contributed by atoms with Gasteiger partial charge in [0.15, 0.2) is 0 Å². The Kier molecular flexibility index (Phi) is 3.88. The summed E-state index contributed by atoms with van der Waals surface area (Å²) < 4.78 is 0. The van der Waals surface area contributed by atoms with Crippen molar-refractivity contribution < 1.29 is 0 Å². The van der Waals surface area contributed by atoms with E-state index in [4.69, 9.17) is 0 Å². The fraction of sp³-hybridized carbons (Fsp3) is 0.385. The molecule has 0 aliphatic rings. The first-order valence-corrected chi connectivity index (χ1v) is 5.95. The Hall–Kier alpha value is -1.68. The van der Waals surface area contributed by atoms with E-state index in [-0.39, 0.29) is 0 Å². The van der Waals surface area contributed by atoms with Gasteiger partial charge in [0.25, 0.3) is 0 Å². The molecule has 0 saturated carbocycles. The van der Waals surface area contributed by atoms with Gasteiger partial charge in [0.1, 0.15) is 5.82 Å². The van der Waals surface area contributed by atoms with Gasteiger partial charge in [0, 0.05) is 19.1 Å². The molecule has 0 aliphatic heterocycles. The molecule has 17 heavy (non-hydrogen) atoms. The Labute approximate surface area is 101 Å². The summed E-state index contributed by atoms with van der Waals surface area (Å²) in [7, 11) is 0. The molecule has 0 aliphatic carbocycles. The van der Waals surface area contributed by atoms with E-state index in [2.05, 4.69) is 34.4 Å². The number of para-hydroxylation sites is 2.